The van der Waals surface area contributed by atoms with E-state index in [1.807, 2.05) is 0 Å². The van der Waals surface area contributed by atoms with Gasteiger partial charge in [-0.15, -0.1) is 0 Å². The molecule has 0 bridgehead atoms. The Kier molecular flexibility index (Phi) is 4.42. The second kappa shape index (κ2) is 5.45. The Labute approximate surface area is 106 Å². The van der Waals surface area contributed by atoms with Gasteiger partial charge in [0.15, 0.2) is 0 Å². The number of nitrogens with zero attached hydrogens (tertiary/aromatic N) is 1. The van der Waals surface area contributed by atoms with Crippen LogP contribution in [0.5, 0.6) is 0 Å². The average Bonchev–Trinajstić information content (AvgIpc) is 2.26. The van der Waals surface area contributed by atoms with Crippen LogP contribution in [0.15, 0.2) is 18.2 Å². The number of amides is 1. The highest BCUT2D eigenvalue weighted by Gasteiger charge is 2.43. The summed E-state index contributed by atoms with van der Waals surface area (Å²) in [5.74, 6) is -2.10. The van der Waals surface area contributed by atoms with Gasteiger partial charge in [-0.3, -0.25) is 9.63 Å². The zero-order chi connectivity index (χ0) is 13.9. The first-order valence-corrected chi connectivity index (χ1v) is 5.10. The lowest BCUT2D eigenvalue weighted by molar-refractivity contribution is -0.225. The number of nitrogens with two attached hydrogens (primary N) is 1. The van der Waals surface area contributed by atoms with Gasteiger partial charge >= 0.3 is 12.1 Å². The van der Waals surface area contributed by atoms with E-state index in [4.69, 9.17) is 17.3 Å². The van der Waals surface area contributed by atoms with Crippen LogP contribution in [-0.4, -0.2) is 24.3 Å². The molecule has 0 aromatic heterocycles. The van der Waals surface area contributed by atoms with Crippen LogP contribution in [0.3, 0.4) is 0 Å². The van der Waals surface area contributed by atoms with Crippen LogP contribution in [0.4, 0.5) is 18.9 Å². The molecule has 0 spiro atoms. The van der Waals surface area contributed by atoms with E-state index in [1.54, 1.807) is 0 Å². The maximum Gasteiger partial charge on any atom is 0.473 e. The molecule has 8 heteroatoms. The van der Waals surface area contributed by atoms with Crippen molar-refractivity contribution >= 4 is 23.2 Å². The number of carbonyl (C=O) groups excluding carboxylic acids is 1. The smallest absolute Gasteiger partial charge is 0.399 e. The second-order valence-electron chi connectivity index (χ2n) is 3.37. The van der Waals surface area contributed by atoms with Crippen molar-refractivity contribution in [1.82, 2.24) is 5.06 Å². The minimum absolute atomic E-state index is 0.159. The number of alkyl halides is 3. The molecular weight excluding hydrogens is 273 g/mol. The van der Waals surface area contributed by atoms with Gasteiger partial charge in [0.25, 0.3) is 0 Å². The Morgan fingerprint density at radius 2 is 2.11 bits per heavy atom. The number of anilines is 1. The highest BCUT2D eigenvalue weighted by atomic mass is 35.5. The Morgan fingerprint density at radius 3 is 2.56 bits per heavy atom. The molecule has 0 saturated heterocycles. The lowest BCUT2D eigenvalue weighted by Crippen LogP contribution is -2.40. The number of hydrogen-bond donors (Lipinski definition) is 1. The highest BCUT2D eigenvalue weighted by molar-refractivity contribution is 6.31. The first-order chi connectivity index (χ1) is 8.25. The van der Waals surface area contributed by atoms with E-state index in [0.717, 1.165) is 7.11 Å². The topological polar surface area (TPSA) is 55.6 Å². The predicted octanol–water partition coefficient (Wildman–Crippen LogP) is 2.37. The average molecular weight is 283 g/mol. The monoisotopic (exact) mass is 282 g/mol. The van der Waals surface area contributed by atoms with Crippen LogP contribution in [0.1, 0.15) is 5.56 Å². The molecule has 0 aliphatic heterocycles. The molecule has 0 heterocycles. The highest BCUT2D eigenvalue weighted by Crippen LogP contribution is 2.24. The molecule has 0 unspecified atom stereocenters. The summed E-state index contributed by atoms with van der Waals surface area (Å²) in [6.45, 7) is -0.423. The number of hydroxylamine groups is 2. The first kappa shape index (κ1) is 14.6. The molecule has 2 N–H and O–H groups in total. The normalized spacial score (nSPS) is 11.4. The minimum Gasteiger partial charge on any atom is -0.399 e. The van der Waals surface area contributed by atoms with E-state index in [-0.39, 0.29) is 10.1 Å². The van der Waals surface area contributed by atoms with Gasteiger partial charge in [-0.2, -0.15) is 13.2 Å². The molecule has 0 saturated carbocycles. The summed E-state index contributed by atoms with van der Waals surface area (Å²) < 4.78 is 36.7. The molecule has 0 aliphatic carbocycles. The van der Waals surface area contributed by atoms with Gasteiger partial charge in [0.1, 0.15) is 0 Å². The van der Waals surface area contributed by atoms with E-state index >= 15 is 0 Å². The van der Waals surface area contributed by atoms with Crippen molar-refractivity contribution in [2.24, 2.45) is 0 Å². The van der Waals surface area contributed by atoms with E-state index in [9.17, 15) is 18.0 Å². The number of carbonyl (C=O) groups is 1. The maximum atomic E-state index is 12.2. The second-order valence-corrected chi connectivity index (χ2v) is 3.78. The predicted molar refractivity (Wildman–Crippen MR) is 59.5 cm³/mol. The minimum atomic E-state index is -5.00. The van der Waals surface area contributed by atoms with Crippen molar-refractivity contribution in [3.63, 3.8) is 0 Å². The Bertz CT molecular complexity index is 451. The Morgan fingerprint density at radius 1 is 1.50 bits per heavy atom. The summed E-state index contributed by atoms with van der Waals surface area (Å²) in [7, 11) is 0.967. The number of rotatable bonds is 3. The fraction of sp³-hybridized carbons (Fsp3) is 0.300. The van der Waals surface area contributed by atoms with Crippen molar-refractivity contribution < 1.29 is 22.8 Å². The third-order valence-electron chi connectivity index (χ3n) is 2.08. The van der Waals surface area contributed by atoms with Crippen molar-refractivity contribution in [3.05, 3.63) is 28.8 Å². The number of benzene rings is 1. The fourth-order valence-electron chi connectivity index (χ4n) is 1.21. The van der Waals surface area contributed by atoms with Crippen molar-refractivity contribution in [2.45, 2.75) is 12.7 Å². The Balaban J connectivity index is 2.90. The van der Waals surface area contributed by atoms with Gasteiger partial charge in [0, 0.05) is 10.7 Å². The molecule has 1 aromatic carbocycles. The molecule has 0 atom stereocenters. The summed E-state index contributed by atoms with van der Waals surface area (Å²) in [4.78, 5) is 15.4. The van der Waals surface area contributed by atoms with Crippen molar-refractivity contribution in [2.75, 3.05) is 12.8 Å². The lowest BCUT2D eigenvalue weighted by atomic mass is 10.2. The molecule has 0 fully saturated rings. The van der Waals surface area contributed by atoms with Crippen molar-refractivity contribution in [1.29, 1.82) is 0 Å². The maximum absolute atomic E-state index is 12.2. The summed E-state index contributed by atoms with van der Waals surface area (Å²) in [6, 6.07) is 4.27. The lowest BCUT2D eigenvalue weighted by Gasteiger charge is -2.21. The van der Waals surface area contributed by atoms with Crippen LogP contribution in [-0.2, 0) is 16.2 Å². The quantitative estimate of drug-likeness (QED) is 0.684. The SMILES string of the molecule is CON(Cc1ccc(N)cc1Cl)C(=O)C(F)(F)F. The Hall–Kier alpha value is -1.47. The van der Waals surface area contributed by atoms with Crippen LogP contribution in [0.25, 0.3) is 0 Å². The van der Waals surface area contributed by atoms with E-state index in [0.29, 0.717) is 11.3 Å². The summed E-state index contributed by atoms with van der Waals surface area (Å²) in [5.41, 5.74) is 6.11. The molecule has 18 heavy (non-hydrogen) atoms. The van der Waals surface area contributed by atoms with Crippen LogP contribution in [0.2, 0.25) is 5.02 Å². The number of hydrogen-bond acceptors (Lipinski definition) is 3. The largest absolute Gasteiger partial charge is 0.473 e. The standard InChI is InChI=1S/C10H10ClF3N2O2/c1-18-16(9(17)10(12,13)14)5-6-2-3-7(15)4-8(6)11/h2-4H,5,15H2,1H3. The van der Waals surface area contributed by atoms with Gasteiger partial charge in [0.05, 0.1) is 13.7 Å². The van der Waals surface area contributed by atoms with Crippen LogP contribution >= 0.6 is 11.6 Å². The summed E-state index contributed by atoms with van der Waals surface area (Å²) >= 11 is 5.79. The third kappa shape index (κ3) is 3.51. The zero-order valence-electron chi connectivity index (χ0n) is 9.29. The van der Waals surface area contributed by atoms with Gasteiger partial charge in [-0.1, -0.05) is 17.7 Å². The van der Waals surface area contributed by atoms with E-state index in [2.05, 4.69) is 4.84 Å². The van der Waals surface area contributed by atoms with Crippen molar-refractivity contribution in [3.8, 4) is 0 Å². The summed E-state index contributed by atoms with van der Waals surface area (Å²) in [6.07, 6.45) is -5.00. The van der Waals surface area contributed by atoms with E-state index < -0.39 is 18.6 Å². The molecule has 0 aliphatic rings. The van der Waals surface area contributed by atoms with Crippen LogP contribution in [0, 0.1) is 0 Å². The van der Waals surface area contributed by atoms with Gasteiger partial charge < -0.3 is 5.73 Å². The van der Waals surface area contributed by atoms with Gasteiger partial charge in [-0.25, -0.2) is 5.06 Å². The number of nitrogen functional groups attached to an aromatic ring is 1. The molecule has 1 rings (SSSR count). The molecule has 100 valence electrons. The third-order valence-corrected chi connectivity index (χ3v) is 2.43. The van der Waals surface area contributed by atoms with E-state index in [1.165, 1.54) is 18.2 Å². The van der Waals surface area contributed by atoms with Gasteiger partial charge in [-0.05, 0) is 17.7 Å². The molecule has 1 aromatic rings. The summed E-state index contributed by atoms with van der Waals surface area (Å²) in [5, 5.41) is 0.337. The van der Waals surface area contributed by atoms with Crippen LogP contribution < -0.4 is 5.73 Å². The molecule has 1 amide bonds. The van der Waals surface area contributed by atoms with Gasteiger partial charge in [0.2, 0.25) is 0 Å². The fourth-order valence-corrected chi connectivity index (χ4v) is 1.46. The first-order valence-electron chi connectivity index (χ1n) is 4.72. The number of halogens is 4. The molecule has 4 nitrogen and oxygen atoms in total. The molecule has 0 radical (unpaired) electrons. The zero-order valence-corrected chi connectivity index (χ0v) is 10.0. The molecular formula is C10H10ClF3N2O2.